The molecule has 4 nitrogen and oxygen atoms in total. The fourth-order valence-electron chi connectivity index (χ4n) is 2.00. The largest absolute Gasteiger partial charge is 0.334 e. The number of aromatic nitrogens is 1. The number of thiazole rings is 1. The number of rotatable bonds is 1. The molecule has 0 unspecified atom stereocenters. The predicted molar refractivity (Wildman–Crippen MR) is 76.1 cm³/mol. The second kappa shape index (κ2) is 4.95. The standard InChI is InChI=1S/C12H12BrN3OS/c13-8-1-2-10-9(7-8)15-11(18-10)12(17)16-5-3-14-4-6-16/h1-2,7,14H,3-6H2. The van der Waals surface area contributed by atoms with Crippen molar-refractivity contribution in [1.82, 2.24) is 15.2 Å². The molecule has 1 amide bonds. The molecule has 0 spiro atoms. The number of amides is 1. The Morgan fingerprint density at radius 2 is 2.17 bits per heavy atom. The van der Waals surface area contributed by atoms with Crippen molar-refractivity contribution in [3.8, 4) is 0 Å². The first-order valence-electron chi connectivity index (χ1n) is 5.80. The van der Waals surface area contributed by atoms with Crippen LogP contribution in [0.25, 0.3) is 10.2 Å². The molecular weight excluding hydrogens is 314 g/mol. The Morgan fingerprint density at radius 1 is 1.39 bits per heavy atom. The number of hydrogen-bond donors (Lipinski definition) is 1. The Kier molecular flexibility index (Phi) is 3.32. The van der Waals surface area contributed by atoms with Crippen LogP contribution in [-0.4, -0.2) is 42.0 Å². The van der Waals surface area contributed by atoms with E-state index in [1.807, 2.05) is 23.1 Å². The van der Waals surface area contributed by atoms with Crippen molar-refractivity contribution in [3.63, 3.8) is 0 Å². The van der Waals surface area contributed by atoms with Gasteiger partial charge in [0.15, 0.2) is 5.01 Å². The first kappa shape index (κ1) is 12.1. The van der Waals surface area contributed by atoms with Crippen molar-refractivity contribution in [2.75, 3.05) is 26.2 Å². The fraction of sp³-hybridized carbons (Fsp3) is 0.333. The van der Waals surface area contributed by atoms with Gasteiger partial charge in [-0.2, -0.15) is 0 Å². The van der Waals surface area contributed by atoms with Gasteiger partial charge in [-0.05, 0) is 18.2 Å². The third kappa shape index (κ3) is 2.28. The summed E-state index contributed by atoms with van der Waals surface area (Å²) >= 11 is 4.88. The van der Waals surface area contributed by atoms with Gasteiger partial charge in [0.1, 0.15) is 0 Å². The molecule has 1 N–H and O–H groups in total. The maximum Gasteiger partial charge on any atom is 0.282 e. The SMILES string of the molecule is O=C(c1nc2cc(Br)ccc2s1)N1CCNCC1. The van der Waals surface area contributed by atoms with E-state index in [4.69, 9.17) is 0 Å². The number of hydrogen-bond acceptors (Lipinski definition) is 4. The maximum atomic E-state index is 12.3. The van der Waals surface area contributed by atoms with Gasteiger partial charge in [-0.1, -0.05) is 15.9 Å². The van der Waals surface area contributed by atoms with Crippen LogP contribution in [0, 0.1) is 0 Å². The topological polar surface area (TPSA) is 45.2 Å². The zero-order chi connectivity index (χ0) is 12.5. The van der Waals surface area contributed by atoms with Gasteiger partial charge in [0, 0.05) is 30.7 Å². The Labute approximate surface area is 117 Å². The van der Waals surface area contributed by atoms with Crippen molar-refractivity contribution in [2.24, 2.45) is 0 Å². The lowest BCUT2D eigenvalue weighted by Crippen LogP contribution is -2.46. The summed E-state index contributed by atoms with van der Waals surface area (Å²) in [4.78, 5) is 18.6. The molecule has 1 aliphatic heterocycles. The monoisotopic (exact) mass is 325 g/mol. The van der Waals surface area contributed by atoms with Crippen LogP contribution in [0.2, 0.25) is 0 Å². The molecule has 0 aliphatic carbocycles. The highest BCUT2D eigenvalue weighted by molar-refractivity contribution is 9.10. The minimum Gasteiger partial charge on any atom is -0.334 e. The van der Waals surface area contributed by atoms with Crippen LogP contribution in [0.15, 0.2) is 22.7 Å². The molecule has 1 aromatic carbocycles. The lowest BCUT2D eigenvalue weighted by molar-refractivity contribution is 0.0735. The molecule has 0 saturated carbocycles. The van der Waals surface area contributed by atoms with E-state index in [0.717, 1.165) is 40.9 Å². The molecule has 2 aromatic rings. The molecule has 18 heavy (non-hydrogen) atoms. The van der Waals surface area contributed by atoms with Crippen LogP contribution < -0.4 is 5.32 Å². The minimum atomic E-state index is 0.0498. The number of nitrogens with zero attached hydrogens (tertiary/aromatic N) is 2. The van der Waals surface area contributed by atoms with E-state index < -0.39 is 0 Å². The van der Waals surface area contributed by atoms with Gasteiger partial charge in [0.05, 0.1) is 10.2 Å². The van der Waals surface area contributed by atoms with Crippen molar-refractivity contribution >= 4 is 43.4 Å². The van der Waals surface area contributed by atoms with Crippen molar-refractivity contribution < 1.29 is 4.79 Å². The molecule has 1 aliphatic rings. The van der Waals surface area contributed by atoms with Crippen LogP contribution in [0.4, 0.5) is 0 Å². The Balaban J connectivity index is 1.91. The number of carbonyl (C=O) groups is 1. The average molecular weight is 326 g/mol. The highest BCUT2D eigenvalue weighted by Crippen LogP contribution is 2.26. The van der Waals surface area contributed by atoms with Gasteiger partial charge in [0.2, 0.25) is 0 Å². The summed E-state index contributed by atoms with van der Waals surface area (Å²) in [6.45, 7) is 3.25. The minimum absolute atomic E-state index is 0.0498. The van der Waals surface area contributed by atoms with Gasteiger partial charge >= 0.3 is 0 Å². The van der Waals surface area contributed by atoms with Crippen LogP contribution in [0.1, 0.15) is 9.80 Å². The molecule has 0 atom stereocenters. The molecule has 6 heteroatoms. The summed E-state index contributed by atoms with van der Waals surface area (Å²) in [6.07, 6.45) is 0. The summed E-state index contributed by atoms with van der Waals surface area (Å²) in [7, 11) is 0. The van der Waals surface area contributed by atoms with Crippen molar-refractivity contribution in [1.29, 1.82) is 0 Å². The van der Waals surface area contributed by atoms with Crippen LogP contribution in [0.3, 0.4) is 0 Å². The van der Waals surface area contributed by atoms with Crippen LogP contribution >= 0.6 is 27.3 Å². The van der Waals surface area contributed by atoms with E-state index in [2.05, 4.69) is 26.2 Å². The summed E-state index contributed by atoms with van der Waals surface area (Å²) in [6, 6.07) is 5.91. The second-order valence-corrected chi connectivity index (χ2v) is 6.12. The Hall–Kier alpha value is -0.980. The first-order chi connectivity index (χ1) is 8.74. The highest BCUT2D eigenvalue weighted by atomic mass is 79.9. The van der Waals surface area contributed by atoms with Gasteiger partial charge in [-0.3, -0.25) is 4.79 Å². The number of nitrogens with one attached hydrogen (secondary N) is 1. The van der Waals surface area contributed by atoms with E-state index in [1.54, 1.807) is 0 Å². The zero-order valence-electron chi connectivity index (χ0n) is 9.65. The lowest BCUT2D eigenvalue weighted by Gasteiger charge is -2.26. The van der Waals surface area contributed by atoms with E-state index in [0.29, 0.717) is 5.01 Å². The summed E-state index contributed by atoms with van der Waals surface area (Å²) in [5, 5.41) is 3.83. The normalized spacial score (nSPS) is 16.2. The molecule has 0 radical (unpaired) electrons. The Bertz CT molecular complexity index is 592. The average Bonchev–Trinajstić information content (AvgIpc) is 2.81. The van der Waals surface area contributed by atoms with Gasteiger partial charge in [0.25, 0.3) is 5.91 Å². The number of benzene rings is 1. The van der Waals surface area contributed by atoms with E-state index in [-0.39, 0.29) is 5.91 Å². The molecule has 0 bridgehead atoms. The zero-order valence-corrected chi connectivity index (χ0v) is 12.1. The summed E-state index contributed by atoms with van der Waals surface area (Å²) < 4.78 is 2.04. The third-order valence-corrected chi connectivity index (χ3v) is 4.45. The fourth-order valence-corrected chi connectivity index (χ4v) is 3.26. The molecule has 1 aromatic heterocycles. The van der Waals surface area contributed by atoms with Crippen LogP contribution in [-0.2, 0) is 0 Å². The smallest absolute Gasteiger partial charge is 0.282 e. The van der Waals surface area contributed by atoms with Gasteiger partial charge in [-0.15, -0.1) is 11.3 Å². The van der Waals surface area contributed by atoms with Crippen molar-refractivity contribution in [2.45, 2.75) is 0 Å². The van der Waals surface area contributed by atoms with Crippen LogP contribution in [0.5, 0.6) is 0 Å². The first-order valence-corrected chi connectivity index (χ1v) is 7.41. The summed E-state index contributed by atoms with van der Waals surface area (Å²) in [5.74, 6) is 0.0498. The molecular formula is C12H12BrN3OS. The molecule has 94 valence electrons. The molecule has 1 fully saturated rings. The molecule has 1 saturated heterocycles. The maximum absolute atomic E-state index is 12.3. The lowest BCUT2D eigenvalue weighted by atomic mass is 10.3. The second-order valence-electron chi connectivity index (χ2n) is 4.17. The highest BCUT2D eigenvalue weighted by Gasteiger charge is 2.21. The van der Waals surface area contributed by atoms with Crippen molar-refractivity contribution in [3.05, 3.63) is 27.7 Å². The van der Waals surface area contributed by atoms with Gasteiger partial charge in [-0.25, -0.2) is 4.98 Å². The number of carbonyl (C=O) groups excluding carboxylic acids is 1. The quantitative estimate of drug-likeness (QED) is 0.873. The van der Waals surface area contributed by atoms with E-state index in [1.165, 1.54) is 11.3 Å². The molecule has 2 heterocycles. The predicted octanol–water partition coefficient (Wildman–Crippen LogP) is 2.10. The molecule has 3 rings (SSSR count). The summed E-state index contributed by atoms with van der Waals surface area (Å²) in [5.41, 5.74) is 0.882. The van der Waals surface area contributed by atoms with Gasteiger partial charge < -0.3 is 10.2 Å². The number of piperazine rings is 1. The third-order valence-electron chi connectivity index (χ3n) is 2.94. The van der Waals surface area contributed by atoms with E-state index in [9.17, 15) is 4.79 Å². The number of fused-ring (bicyclic) bond motifs is 1. The Morgan fingerprint density at radius 3 is 2.94 bits per heavy atom. The van der Waals surface area contributed by atoms with E-state index >= 15 is 0 Å². The number of halogens is 1.